The van der Waals surface area contributed by atoms with Gasteiger partial charge in [0.2, 0.25) is 0 Å². The third-order valence-corrected chi connectivity index (χ3v) is 2.61. The Balaban J connectivity index is 2.11. The smallest absolute Gasteiger partial charge is 0.271 e. The van der Waals surface area contributed by atoms with Gasteiger partial charge >= 0.3 is 0 Å². The Morgan fingerprint density at radius 1 is 1.33 bits per heavy atom. The summed E-state index contributed by atoms with van der Waals surface area (Å²) in [6.45, 7) is 1.87. The van der Waals surface area contributed by atoms with Gasteiger partial charge < -0.3 is 11.1 Å². The zero-order valence-electron chi connectivity index (χ0n) is 10.00. The lowest BCUT2D eigenvalue weighted by atomic mass is 10.1. The second-order valence-electron chi connectivity index (χ2n) is 3.91. The molecule has 1 aromatic carbocycles. The van der Waals surface area contributed by atoms with Gasteiger partial charge in [-0.25, -0.2) is 4.98 Å². The zero-order chi connectivity index (χ0) is 13.0. The van der Waals surface area contributed by atoms with Crippen LogP contribution in [-0.4, -0.2) is 15.9 Å². The lowest BCUT2D eigenvalue weighted by Crippen LogP contribution is -2.28. The van der Waals surface area contributed by atoms with Crippen LogP contribution in [0.25, 0.3) is 0 Å². The summed E-state index contributed by atoms with van der Waals surface area (Å²) in [5.41, 5.74) is 7.69. The van der Waals surface area contributed by atoms with Gasteiger partial charge in [0.15, 0.2) is 0 Å². The molecule has 0 aliphatic rings. The molecule has 0 aliphatic carbocycles. The first-order valence-corrected chi connectivity index (χ1v) is 5.60. The number of hydrogen-bond donors (Lipinski definition) is 2. The molecule has 92 valence electrons. The van der Waals surface area contributed by atoms with Crippen LogP contribution in [0.1, 0.15) is 29.0 Å². The Kier molecular flexibility index (Phi) is 3.52. The number of rotatable bonds is 3. The Hall–Kier alpha value is -2.43. The number of para-hydroxylation sites is 1. The number of nitrogen functional groups attached to an aromatic ring is 1. The van der Waals surface area contributed by atoms with Crippen molar-refractivity contribution >= 4 is 11.6 Å². The normalized spacial score (nSPS) is 11.8. The van der Waals surface area contributed by atoms with Crippen LogP contribution >= 0.6 is 0 Å². The van der Waals surface area contributed by atoms with Crippen LogP contribution in [0.4, 0.5) is 5.69 Å². The minimum Gasteiger partial charge on any atom is -0.398 e. The van der Waals surface area contributed by atoms with Crippen molar-refractivity contribution in [1.29, 1.82) is 0 Å². The van der Waals surface area contributed by atoms with E-state index in [0.29, 0.717) is 11.4 Å². The summed E-state index contributed by atoms with van der Waals surface area (Å²) in [7, 11) is 0. The van der Waals surface area contributed by atoms with Crippen LogP contribution in [-0.2, 0) is 0 Å². The highest BCUT2D eigenvalue weighted by Gasteiger charge is 2.13. The molecule has 0 spiro atoms. The van der Waals surface area contributed by atoms with Crippen LogP contribution < -0.4 is 11.1 Å². The number of nitrogens with two attached hydrogens (primary N) is 1. The maximum absolute atomic E-state index is 11.9. The van der Waals surface area contributed by atoms with Gasteiger partial charge in [0.25, 0.3) is 5.91 Å². The molecule has 3 N–H and O–H groups in total. The lowest BCUT2D eigenvalue weighted by Gasteiger charge is -2.15. The molecule has 2 aromatic rings. The molecule has 0 saturated heterocycles. The Labute approximate surface area is 105 Å². The largest absolute Gasteiger partial charge is 0.398 e. The van der Waals surface area contributed by atoms with E-state index >= 15 is 0 Å². The van der Waals surface area contributed by atoms with Crippen LogP contribution in [0.5, 0.6) is 0 Å². The van der Waals surface area contributed by atoms with Crippen molar-refractivity contribution < 1.29 is 4.79 Å². The number of nitrogens with zero attached hydrogens (tertiary/aromatic N) is 2. The van der Waals surface area contributed by atoms with Gasteiger partial charge in [0.1, 0.15) is 5.69 Å². The van der Waals surface area contributed by atoms with E-state index in [1.54, 1.807) is 6.07 Å². The molecule has 0 bridgehead atoms. The number of nitrogens with one attached hydrogen (secondary N) is 1. The van der Waals surface area contributed by atoms with Gasteiger partial charge in [-0.2, -0.15) is 0 Å². The van der Waals surface area contributed by atoms with E-state index in [-0.39, 0.29) is 11.9 Å². The van der Waals surface area contributed by atoms with Crippen molar-refractivity contribution in [3.05, 3.63) is 54.1 Å². The quantitative estimate of drug-likeness (QED) is 0.800. The number of aromatic nitrogens is 2. The number of carbonyl (C=O) groups excluding carboxylic acids is 1. The van der Waals surface area contributed by atoms with Crippen molar-refractivity contribution in [2.75, 3.05) is 5.73 Å². The second kappa shape index (κ2) is 5.27. The number of hydrogen-bond acceptors (Lipinski definition) is 4. The molecule has 1 atom stereocenters. The topological polar surface area (TPSA) is 80.9 Å². The van der Waals surface area contributed by atoms with Crippen molar-refractivity contribution in [3.8, 4) is 0 Å². The van der Waals surface area contributed by atoms with E-state index in [1.807, 2.05) is 25.1 Å². The summed E-state index contributed by atoms with van der Waals surface area (Å²) in [5, 5.41) is 2.83. The van der Waals surface area contributed by atoms with E-state index in [9.17, 15) is 4.79 Å². The number of benzene rings is 1. The lowest BCUT2D eigenvalue weighted by molar-refractivity contribution is 0.0934. The van der Waals surface area contributed by atoms with Crippen molar-refractivity contribution in [2.24, 2.45) is 0 Å². The molecule has 1 amide bonds. The highest BCUT2D eigenvalue weighted by atomic mass is 16.1. The fraction of sp³-hybridized carbons (Fsp3) is 0.154. The van der Waals surface area contributed by atoms with Crippen molar-refractivity contribution in [1.82, 2.24) is 15.3 Å². The van der Waals surface area contributed by atoms with Gasteiger partial charge in [-0.1, -0.05) is 18.2 Å². The van der Waals surface area contributed by atoms with E-state index in [0.717, 1.165) is 5.56 Å². The van der Waals surface area contributed by atoms with Crippen molar-refractivity contribution in [3.63, 3.8) is 0 Å². The summed E-state index contributed by atoms with van der Waals surface area (Å²) in [5.74, 6) is -0.265. The molecule has 1 heterocycles. The Morgan fingerprint density at radius 2 is 2.11 bits per heavy atom. The predicted molar refractivity (Wildman–Crippen MR) is 68.8 cm³/mol. The van der Waals surface area contributed by atoms with Crippen LogP contribution in [0, 0.1) is 0 Å². The molecule has 0 radical (unpaired) electrons. The molecule has 0 fully saturated rings. The Morgan fingerprint density at radius 3 is 2.78 bits per heavy atom. The highest BCUT2D eigenvalue weighted by molar-refractivity contribution is 5.92. The van der Waals surface area contributed by atoms with E-state index in [1.165, 1.54) is 18.6 Å². The number of carbonyl (C=O) groups is 1. The van der Waals surface area contributed by atoms with E-state index < -0.39 is 0 Å². The summed E-state index contributed by atoms with van der Waals surface area (Å²) >= 11 is 0. The summed E-state index contributed by atoms with van der Waals surface area (Å²) in [6.07, 6.45) is 4.43. The number of anilines is 1. The maximum atomic E-state index is 11.9. The van der Waals surface area contributed by atoms with Crippen LogP contribution in [0.3, 0.4) is 0 Å². The molecule has 0 aliphatic heterocycles. The van der Waals surface area contributed by atoms with Gasteiger partial charge in [0.05, 0.1) is 12.2 Å². The minimum atomic E-state index is -0.265. The van der Waals surface area contributed by atoms with Crippen molar-refractivity contribution in [2.45, 2.75) is 13.0 Å². The molecule has 1 aromatic heterocycles. The van der Waals surface area contributed by atoms with Gasteiger partial charge in [-0.05, 0) is 18.6 Å². The summed E-state index contributed by atoms with van der Waals surface area (Å²) in [4.78, 5) is 19.7. The average Bonchev–Trinajstić information content (AvgIpc) is 2.40. The summed E-state index contributed by atoms with van der Waals surface area (Å²) < 4.78 is 0. The molecule has 0 saturated carbocycles. The maximum Gasteiger partial charge on any atom is 0.271 e. The molecule has 5 nitrogen and oxygen atoms in total. The Bertz CT molecular complexity index is 542. The molecular weight excluding hydrogens is 228 g/mol. The highest BCUT2D eigenvalue weighted by Crippen LogP contribution is 2.19. The predicted octanol–water partition coefficient (Wildman–Crippen LogP) is 1.55. The monoisotopic (exact) mass is 242 g/mol. The van der Waals surface area contributed by atoms with E-state index in [4.69, 9.17) is 5.73 Å². The third-order valence-electron chi connectivity index (χ3n) is 2.61. The molecular formula is C13H14N4O. The zero-order valence-corrected chi connectivity index (χ0v) is 10.00. The first-order chi connectivity index (χ1) is 8.68. The molecule has 5 heteroatoms. The average molecular weight is 242 g/mol. The molecule has 1 unspecified atom stereocenters. The standard InChI is InChI=1S/C13H14N4O/c1-9(10-4-2-3-5-11(10)14)17-13(18)12-8-15-6-7-16-12/h2-9H,14H2,1H3,(H,17,18). The van der Waals surface area contributed by atoms with Gasteiger partial charge in [-0.15, -0.1) is 0 Å². The first kappa shape index (κ1) is 12.0. The fourth-order valence-corrected chi connectivity index (χ4v) is 1.67. The van der Waals surface area contributed by atoms with Crippen LogP contribution in [0.2, 0.25) is 0 Å². The minimum absolute atomic E-state index is 0.180. The summed E-state index contributed by atoms with van der Waals surface area (Å²) in [6, 6.07) is 7.25. The van der Waals surface area contributed by atoms with Gasteiger partial charge in [-0.3, -0.25) is 9.78 Å². The molecule has 18 heavy (non-hydrogen) atoms. The SMILES string of the molecule is CC(NC(=O)c1cnccn1)c1ccccc1N. The first-order valence-electron chi connectivity index (χ1n) is 5.60. The fourth-order valence-electron chi connectivity index (χ4n) is 1.67. The van der Waals surface area contributed by atoms with Crippen LogP contribution in [0.15, 0.2) is 42.9 Å². The number of amides is 1. The third kappa shape index (κ3) is 2.63. The van der Waals surface area contributed by atoms with Gasteiger partial charge in [0, 0.05) is 18.1 Å². The second-order valence-corrected chi connectivity index (χ2v) is 3.91. The van der Waals surface area contributed by atoms with E-state index in [2.05, 4.69) is 15.3 Å². The molecule has 2 rings (SSSR count).